The Kier molecular flexibility index (Phi) is 5.07. The van der Waals surface area contributed by atoms with E-state index in [1.54, 1.807) is 0 Å². The zero-order chi connectivity index (χ0) is 11.3. The molecule has 15 heavy (non-hydrogen) atoms. The van der Waals surface area contributed by atoms with E-state index in [0.29, 0.717) is 6.10 Å². The maximum absolute atomic E-state index is 6.29. The maximum Gasteiger partial charge on any atom is 0.191 e. The lowest BCUT2D eigenvalue weighted by molar-refractivity contribution is 0.174. The predicted molar refractivity (Wildman–Crippen MR) is 69.7 cm³/mol. The molecule has 0 aromatic carbocycles. The summed E-state index contributed by atoms with van der Waals surface area (Å²) in [5.74, 6) is 0. The van der Waals surface area contributed by atoms with Gasteiger partial charge in [0.2, 0.25) is 0 Å². The molecule has 0 amide bonds. The molecule has 1 unspecified atom stereocenters. The molecule has 0 bridgehead atoms. The predicted octanol–water partition coefficient (Wildman–Crippen LogP) is 4.51. The first kappa shape index (κ1) is 13.0. The van der Waals surface area contributed by atoms with Gasteiger partial charge < -0.3 is 4.43 Å². The van der Waals surface area contributed by atoms with Gasteiger partial charge in [-0.1, -0.05) is 31.8 Å². The van der Waals surface area contributed by atoms with E-state index in [1.807, 2.05) is 0 Å². The Bertz CT molecular complexity index is 211. The number of hydrogen-bond donors (Lipinski definition) is 0. The third-order valence-corrected chi connectivity index (χ3v) is 5.43. The second kappa shape index (κ2) is 5.85. The van der Waals surface area contributed by atoms with Gasteiger partial charge in [0.1, 0.15) is 0 Å². The van der Waals surface area contributed by atoms with Crippen molar-refractivity contribution in [3.05, 3.63) is 12.2 Å². The van der Waals surface area contributed by atoms with Gasteiger partial charge in [-0.05, 0) is 38.4 Å². The molecule has 2 heteroatoms. The van der Waals surface area contributed by atoms with E-state index in [9.17, 15) is 0 Å². The van der Waals surface area contributed by atoms with Crippen molar-refractivity contribution in [1.82, 2.24) is 0 Å². The highest BCUT2D eigenvalue weighted by Crippen LogP contribution is 2.29. The van der Waals surface area contributed by atoms with Crippen molar-refractivity contribution in [2.45, 2.75) is 70.7 Å². The van der Waals surface area contributed by atoms with Crippen LogP contribution in [0, 0.1) is 0 Å². The van der Waals surface area contributed by atoms with Gasteiger partial charge in [-0.15, -0.1) is 6.58 Å². The van der Waals surface area contributed by atoms with Crippen molar-refractivity contribution in [3.8, 4) is 0 Å². The number of hydrogen-bond acceptors (Lipinski definition) is 1. The van der Waals surface area contributed by atoms with Crippen LogP contribution in [0.4, 0.5) is 0 Å². The van der Waals surface area contributed by atoms with Crippen LogP contribution in [-0.2, 0) is 4.43 Å². The number of unbranched alkanes of at least 4 members (excludes halogenated alkanes) is 2. The Morgan fingerprint density at radius 1 is 1.40 bits per heavy atom. The number of allylic oxidation sites excluding steroid dienone is 1. The highest BCUT2D eigenvalue weighted by molar-refractivity contribution is 6.71. The SMILES string of the molecule is C=C1CCC(CCCCC)O[Si](C)(C)C1. The normalized spacial score (nSPS) is 26.3. The van der Waals surface area contributed by atoms with Gasteiger partial charge in [0.25, 0.3) is 0 Å². The molecule has 1 fully saturated rings. The van der Waals surface area contributed by atoms with Crippen molar-refractivity contribution in [2.75, 3.05) is 0 Å². The van der Waals surface area contributed by atoms with Crippen LogP contribution in [0.25, 0.3) is 0 Å². The van der Waals surface area contributed by atoms with Crippen LogP contribution in [0.5, 0.6) is 0 Å². The molecule has 1 saturated heterocycles. The van der Waals surface area contributed by atoms with Crippen molar-refractivity contribution in [2.24, 2.45) is 0 Å². The van der Waals surface area contributed by atoms with E-state index in [-0.39, 0.29) is 0 Å². The molecule has 0 aromatic heterocycles. The molecule has 1 aliphatic heterocycles. The molecule has 0 N–H and O–H groups in total. The van der Waals surface area contributed by atoms with Crippen molar-refractivity contribution < 1.29 is 4.43 Å². The number of rotatable bonds is 4. The highest BCUT2D eigenvalue weighted by atomic mass is 28.4. The lowest BCUT2D eigenvalue weighted by Crippen LogP contribution is -2.33. The molecule has 1 aliphatic rings. The first-order valence-corrected chi connectivity index (χ1v) is 9.49. The van der Waals surface area contributed by atoms with E-state index in [0.717, 1.165) is 6.04 Å². The summed E-state index contributed by atoms with van der Waals surface area (Å²) < 4.78 is 6.29. The Labute approximate surface area is 96.0 Å². The van der Waals surface area contributed by atoms with E-state index in [2.05, 4.69) is 26.6 Å². The molecule has 1 rings (SSSR count). The van der Waals surface area contributed by atoms with Crippen LogP contribution in [0.1, 0.15) is 45.4 Å². The van der Waals surface area contributed by atoms with Crippen LogP contribution in [0.3, 0.4) is 0 Å². The topological polar surface area (TPSA) is 9.23 Å². The van der Waals surface area contributed by atoms with Crippen LogP contribution in [-0.4, -0.2) is 14.4 Å². The summed E-state index contributed by atoms with van der Waals surface area (Å²) in [7, 11) is -1.43. The van der Waals surface area contributed by atoms with E-state index in [4.69, 9.17) is 4.43 Å². The van der Waals surface area contributed by atoms with Crippen molar-refractivity contribution >= 4 is 8.32 Å². The monoisotopic (exact) mass is 226 g/mol. The van der Waals surface area contributed by atoms with E-state index in [1.165, 1.54) is 44.1 Å². The third kappa shape index (κ3) is 4.98. The zero-order valence-electron chi connectivity index (χ0n) is 10.6. The molecule has 1 atom stereocenters. The fourth-order valence-electron chi connectivity index (χ4n) is 2.43. The third-order valence-electron chi connectivity index (χ3n) is 3.11. The van der Waals surface area contributed by atoms with Crippen molar-refractivity contribution in [1.29, 1.82) is 0 Å². The fourth-order valence-corrected chi connectivity index (χ4v) is 5.03. The van der Waals surface area contributed by atoms with Crippen LogP contribution in [0.2, 0.25) is 19.1 Å². The quantitative estimate of drug-likeness (QED) is 0.389. The second-order valence-electron chi connectivity index (χ2n) is 5.46. The van der Waals surface area contributed by atoms with Gasteiger partial charge in [-0.3, -0.25) is 0 Å². The van der Waals surface area contributed by atoms with Crippen LogP contribution < -0.4 is 0 Å². The van der Waals surface area contributed by atoms with Crippen LogP contribution in [0.15, 0.2) is 12.2 Å². The minimum atomic E-state index is -1.43. The van der Waals surface area contributed by atoms with Crippen LogP contribution >= 0.6 is 0 Å². The highest BCUT2D eigenvalue weighted by Gasteiger charge is 2.30. The van der Waals surface area contributed by atoms with E-state index < -0.39 is 8.32 Å². The lowest BCUT2D eigenvalue weighted by atomic mass is 10.0. The molecule has 0 spiro atoms. The minimum absolute atomic E-state index is 0.525. The summed E-state index contributed by atoms with van der Waals surface area (Å²) >= 11 is 0. The largest absolute Gasteiger partial charge is 0.414 e. The fraction of sp³-hybridized carbons (Fsp3) is 0.846. The lowest BCUT2D eigenvalue weighted by Gasteiger charge is -2.26. The first-order valence-electron chi connectivity index (χ1n) is 6.38. The zero-order valence-corrected chi connectivity index (χ0v) is 11.6. The molecule has 88 valence electrons. The molecular weight excluding hydrogens is 200 g/mol. The summed E-state index contributed by atoms with van der Waals surface area (Å²) in [5, 5.41) is 0. The Hall–Kier alpha value is -0.0831. The summed E-state index contributed by atoms with van der Waals surface area (Å²) in [6.07, 6.45) is 8.17. The summed E-state index contributed by atoms with van der Waals surface area (Å²) in [6, 6.07) is 1.16. The molecule has 0 aliphatic carbocycles. The minimum Gasteiger partial charge on any atom is -0.414 e. The van der Waals surface area contributed by atoms with Gasteiger partial charge in [-0.2, -0.15) is 0 Å². The van der Waals surface area contributed by atoms with Gasteiger partial charge in [0.05, 0.1) is 0 Å². The summed E-state index contributed by atoms with van der Waals surface area (Å²) in [4.78, 5) is 0. The average Bonchev–Trinajstić information content (AvgIpc) is 2.24. The Morgan fingerprint density at radius 2 is 2.13 bits per heavy atom. The molecule has 0 saturated carbocycles. The summed E-state index contributed by atoms with van der Waals surface area (Å²) in [5.41, 5.74) is 1.42. The molecule has 1 nitrogen and oxygen atoms in total. The standard InChI is InChI=1S/C13H26OSi/c1-5-6-7-8-13-10-9-12(2)11-15(3,4)14-13/h13H,2,5-11H2,1,3-4H3. The Morgan fingerprint density at radius 3 is 2.80 bits per heavy atom. The molecule has 0 radical (unpaired) electrons. The Balaban J connectivity index is 2.41. The second-order valence-corrected chi connectivity index (χ2v) is 9.57. The molecule has 1 heterocycles. The molecule has 0 aromatic rings. The van der Waals surface area contributed by atoms with Gasteiger partial charge in [0, 0.05) is 6.10 Å². The smallest absolute Gasteiger partial charge is 0.191 e. The molecular formula is C13H26OSi. The van der Waals surface area contributed by atoms with Gasteiger partial charge >= 0.3 is 0 Å². The van der Waals surface area contributed by atoms with Gasteiger partial charge in [0.15, 0.2) is 8.32 Å². The van der Waals surface area contributed by atoms with Crippen molar-refractivity contribution in [3.63, 3.8) is 0 Å². The maximum atomic E-state index is 6.29. The van der Waals surface area contributed by atoms with E-state index >= 15 is 0 Å². The summed E-state index contributed by atoms with van der Waals surface area (Å²) in [6.45, 7) is 11.1. The van der Waals surface area contributed by atoms with Gasteiger partial charge in [-0.25, -0.2) is 0 Å². The average molecular weight is 226 g/mol. The first-order chi connectivity index (χ1) is 7.03.